The second-order valence-corrected chi connectivity index (χ2v) is 15.7. The first-order valence-electron chi connectivity index (χ1n) is 6.52. The van der Waals surface area contributed by atoms with Gasteiger partial charge in [0, 0.05) is 0 Å². The molecule has 4 unspecified atom stereocenters. The lowest BCUT2D eigenvalue weighted by atomic mass is 9.85. The van der Waals surface area contributed by atoms with Crippen molar-refractivity contribution in [2.45, 2.75) is 36.6 Å². The molecule has 0 spiro atoms. The van der Waals surface area contributed by atoms with Crippen LogP contribution < -0.4 is 0 Å². The van der Waals surface area contributed by atoms with Gasteiger partial charge in [-0.1, -0.05) is 0 Å². The van der Waals surface area contributed by atoms with E-state index in [9.17, 15) is 49.4 Å². The lowest BCUT2D eigenvalue weighted by Gasteiger charge is -2.47. The SMILES string of the molecule is OC1C(OP(O)(O)=S)C(O)C(OP(O)(O)=S)C(OP(O)(O)=S)C1OP(O)(O)=S. The summed E-state index contributed by atoms with van der Waals surface area (Å²) >= 11 is 17.0. The third-order valence-corrected chi connectivity index (χ3v) is 6.14. The smallest absolute Gasteiger partial charge is 0.322 e. The van der Waals surface area contributed by atoms with Crippen LogP contribution in [0.25, 0.3) is 0 Å². The molecule has 1 aliphatic carbocycles. The van der Waals surface area contributed by atoms with Crippen LogP contribution in [0, 0.1) is 0 Å². The van der Waals surface area contributed by atoms with E-state index in [0.29, 0.717) is 0 Å². The highest BCUT2D eigenvalue weighted by Gasteiger charge is 2.57. The van der Waals surface area contributed by atoms with Gasteiger partial charge >= 0.3 is 26.9 Å². The average Bonchev–Trinajstić information content (AvgIpc) is 2.39. The van der Waals surface area contributed by atoms with E-state index in [1.54, 1.807) is 0 Å². The van der Waals surface area contributed by atoms with Crippen LogP contribution in [-0.2, 0) is 65.3 Å². The fourth-order valence-corrected chi connectivity index (χ4v) is 5.71. The van der Waals surface area contributed by atoms with Gasteiger partial charge in [0.15, 0.2) is 0 Å². The van der Waals surface area contributed by atoms with Crippen LogP contribution in [0.3, 0.4) is 0 Å². The molecule has 10 N–H and O–H groups in total. The third kappa shape index (κ3) is 9.67. The van der Waals surface area contributed by atoms with E-state index in [-0.39, 0.29) is 0 Å². The summed E-state index contributed by atoms with van der Waals surface area (Å²) in [6.45, 7) is -18.4. The Morgan fingerprint density at radius 2 is 0.643 bits per heavy atom. The predicted molar refractivity (Wildman–Crippen MR) is 106 cm³/mol. The molecule has 28 heavy (non-hydrogen) atoms. The molecule has 1 saturated carbocycles. The van der Waals surface area contributed by atoms with Gasteiger partial charge in [-0.15, -0.1) is 0 Å². The normalized spacial score (nSPS) is 33.1. The molecule has 0 aromatic rings. The average molecular weight is 564 g/mol. The molecule has 0 aromatic carbocycles. The topological polar surface area (TPSA) is 239 Å². The molecule has 0 aromatic heterocycles. The van der Waals surface area contributed by atoms with Crippen molar-refractivity contribution in [1.82, 2.24) is 0 Å². The molecule has 0 heterocycles. The largest absolute Gasteiger partial charge is 0.387 e. The number of hydrogen-bond donors (Lipinski definition) is 10. The lowest BCUT2D eigenvalue weighted by Crippen LogP contribution is -2.65. The summed E-state index contributed by atoms with van der Waals surface area (Å²) in [4.78, 5) is 75.0. The van der Waals surface area contributed by atoms with E-state index in [2.05, 4.69) is 65.3 Å². The molecule has 4 atom stereocenters. The molecule has 1 rings (SSSR count). The molecular weight excluding hydrogens is 548 g/mol. The number of hydrogen-bond acceptors (Lipinski definition) is 10. The van der Waals surface area contributed by atoms with Crippen molar-refractivity contribution in [3.05, 3.63) is 0 Å². The third-order valence-electron chi connectivity index (χ3n) is 3.03. The maximum absolute atomic E-state index is 10.3. The summed E-state index contributed by atoms with van der Waals surface area (Å²) in [6.07, 6.45) is -12.9. The van der Waals surface area contributed by atoms with Crippen molar-refractivity contribution in [1.29, 1.82) is 0 Å². The quantitative estimate of drug-likeness (QED) is 0.133. The minimum absolute atomic E-state index is 2.10. The Morgan fingerprint density at radius 3 is 0.893 bits per heavy atom. The first kappa shape index (κ1) is 28.1. The van der Waals surface area contributed by atoms with E-state index in [1.165, 1.54) is 0 Å². The van der Waals surface area contributed by atoms with E-state index < -0.39 is 63.5 Å². The Labute approximate surface area is 177 Å². The molecule has 22 heteroatoms. The van der Waals surface area contributed by atoms with Crippen molar-refractivity contribution in [2.24, 2.45) is 0 Å². The lowest BCUT2D eigenvalue weighted by molar-refractivity contribution is -0.203. The van der Waals surface area contributed by atoms with E-state index in [4.69, 9.17) is 0 Å². The van der Waals surface area contributed by atoms with Gasteiger partial charge < -0.3 is 49.4 Å². The van der Waals surface area contributed by atoms with E-state index in [1.807, 2.05) is 0 Å². The van der Waals surface area contributed by atoms with Crippen LogP contribution in [-0.4, -0.2) is 86.0 Å². The van der Waals surface area contributed by atoms with E-state index in [0.717, 1.165) is 0 Å². The molecule has 0 aliphatic heterocycles. The Bertz CT molecular complexity index is 702. The van der Waals surface area contributed by atoms with Gasteiger partial charge in [-0.3, -0.25) is 18.1 Å². The molecule has 168 valence electrons. The predicted octanol–water partition coefficient (Wildman–Crippen LogP) is -2.90. The molecule has 1 fully saturated rings. The highest BCUT2D eigenvalue weighted by atomic mass is 32.5. The molecule has 1 aliphatic rings. The van der Waals surface area contributed by atoms with Gasteiger partial charge in [0.05, 0.1) is 0 Å². The van der Waals surface area contributed by atoms with Crippen LogP contribution in [0.1, 0.15) is 0 Å². The highest BCUT2D eigenvalue weighted by molar-refractivity contribution is 8.07. The minimum atomic E-state index is -4.63. The first-order valence-corrected chi connectivity index (χ1v) is 17.0. The van der Waals surface area contributed by atoms with Crippen molar-refractivity contribution in [3.8, 4) is 0 Å². The molecular formula is C6H16O14P4S4. The fraction of sp³-hybridized carbons (Fsp3) is 1.00. The Kier molecular flexibility index (Phi) is 9.92. The molecule has 14 nitrogen and oxygen atoms in total. The van der Waals surface area contributed by atoms with Gasteiger partial charge in [-0.25, -0.2) is 0 Å². The van der Waals surface area contributed by atoms with Crippen LogP contribution in [0.2, 0.25) is 0 Å². The van der Waals surface area contributed by atoms with Gasteiger partial charge in [0.2, 0.25) is 0 Å². The minimum Gasteiger partial charge on any atom is -0.387 e. The first-order chi connectivity index (χ1) is 12.2. The van der Waals surface area contributed by atoms with Crippen LogP contribution in [0.4, 0.5) is 0 Å². The maximum atomic E-state index is 10.3. The van der Waals surface area contributed by atoms with Crippen LogP contribution >= 0.6 is 26.9 Å². The second-order valence-electron chi connectivity index (χ2n) is 5.22. The number of aliphatic hydroxyl groups is 2. The maximum Gasteiger partial charge on any atom is 0.322 e. The Morgan fingerprint density at radius 1 is 0.429 bits per heavy atom. The van der Waals surface area contributed by atoms with Crippen molar-refractivity contribution in [3.63, 3.8) is 0 Å². The fourth-order valence-electron chi connectivity index (χ4n) is 2.28. The van der Waals surface area contributed by atoms with Crippen molar-refractivity contribution < 1.29 is 67.5 Å². The number of aliphatic hydroxyl groups excluding tert-OH is 2. The summed E-state index contributed by atoms with van der Waals surface area (Å²) in [5.41, 5.74) is 0. The zero-order valence-electron chi connectivity index (χ0n) is 13.0. The van der Waals surface area contributed by atoms with Gasteiger partial charge in [0.1, 0.15) is 36.6 Å². The molecule has 0 amide bonds. The van der Waals surface area contributed by atoms with Crippen molar-refractivity contribution >= 4 is 74.1 Å². The summed E-state index contributed by atoms with van der Waals surface area (Å²) in [6, 6.07) is 0. The summed E-state index contributed by atoms with van der Waals surface area (Å²) in [5.74, 6) is 0. The Balaban J connectivity index is 3.50. The van der Waals surface area contributed by atoms with Gasteiger partial charge in [-0.2, -0.15) is 0 Å². The van der Waals surface area contributed by atoms with Crippen LogP contribution in [0.5, 0.6) is 0 Å². The highest BCUT2D eigenvalue weighted by Crippen LogP contribution is 2.52. The molecule has 0 saturated heterocycles. The second kappa shape index (κ2) is 9.89. The zero-order valence-corrected chi connectivity index (χ0v) is 19.8. The van der Waals surface area contributed by atoms with Crippen LogP contribution in [0.15, 0.2) is 0 Å². The van der Waals surface area contributed by atoms with E-state index >= 15 is 0 Å². The summed E-state index contributed by atoms with van der Waals surface area (Å²) in [7, 11) is 0. The van der Waals surface area contributed by atoms with Gasteiger partial charge in [0.25, 0.3) is 0 Å². The standard InChI is InChI=1S/C6H16O14P4S4/c7-1-3(17-21(9,10)25)2(8)5(19-23(13,14)27)6(20-24(15,16)28)4(1)18-22(11,12)26/h1-8H,(H2,9,10,25)(H2,11,12,26)(H2,13,14,27)(H2,15,16,28). The Hall–Kier alpha value is 2.04. The monoisotopic (exact) mass is 564 g/mol. The molecule has 0 radical (unpaired) electrons. The zero-order chi connectivity index (χ0) is 22.3. The molecule has 0 bridgehead atoms. The van der Waals surface area contributed by atoms with Gasteiger partial charge in [-0.05, 0) is 47.2 Å². The van der Waals surface area contributed by atoms with Crippen molar-refractivity contribution in [2.75, 3.05) is 0 Å². The number of rotatable bonds is 8. The summed E-state index contributed by atoms with van der Waals surface area (Å²) in [5, 5.41) is 20.7. The summed E-state index contributed by atoms with van der Waals surface area (Å²) < 4.78 is 18.6.